The van der Waals surface area contributed by atoms with Gasteiger partial charge in [0.2, 0.25) is 0 Å². The van der Waals surface area contributed by atoms with Crippen molar-refractivity contribution in [3.05, 3.63) is 29.8 Å². The van der Waals surface area contributed by atoms with Gasteiger partial charge in [0.1, 0.15) is 0 Å². The SMILES string of the molecule is S=CC1=NOc2ccccc2C1. The second-order valence-corrected chi connectivity index (χ2v) is 2.81. The van der Waals surface area contributed by atoms with Gasteiger partial charge in [-0.2, -0.15) is 0 Å². The fourth-order valence-electron chi connectivity index (χ4n) is 1.14. The monoisotopic (exact) mass is 177 g/mol. The maximum Gasteiger partial charge on any atom is 0.161 e. The van der Waals surface area contributed by atoms with Crippen LogP contribution in [0.2, 0.25) is 0 Å². The third kappa shape index (κ3) is 1.23. The molecule has 2 nitrogen and oxygen atoms in total. The molecule has 1 aromatic rings. The highest BCUT2D eigenvalue weighted by Crippen LogP contribution is 2.22. The number of hydrogen-bond acceptors (Lipinski definition) is 3. The van der Waals surface area contributed by atoms with Crippen molar-refractivity contribution >= 4 is 23.3 Å². The van der Waals surface area contributed by atoms with E-state index in [1.807, 2.05) is 24.3 Å². The summed E-state index contributed by atoms with van der Waals surface area (Å²) in [5, 5.41) is 5.40. The zero-order valence-electron chi connectivity index (χ0n) is 6.36. The topological polar surface area (TPSA) is 21.6 Å². The molecule has 0 unspecified atom stereocenters. The fraction of sp³-hybridized carbons (Fsp3) is 0.111. The van der Waals surface area contributed by atoms with Gasteiger partial charge in [0.05, 0.1) is 5.71 Å². The first-order chi connectivity index (χ1) is 5.90. The molecular formula is C9H7NOS. The third-order valence-electron chi connectivity index (χ3n) is 1.74. The van der Waals surface area contributed by atoms with E-state index in [-0.39, 0.29) is 0 Å². The van der Waals surface area contributed by atoms with Crippen LogP contribution in [0.4, 0.5) is 0 Å². The molecule has 0 amide bonds. The van der Waals surface area contributed by atoms with Crippen LogP contribution in [0.15, 0.2) is 29.4 Å². The first-order valence-corrected chi connectivity index (χ1v) is 4.14. The molecule has 1 aliphatic rings. The number of benzene rings is 1. The van der Waals surface area contributed by atoms with E-state index in [0.717, 1.165) is 23.4 Å². The average molecular weight is 177 g/mol. The molecule has 0 saturated heterocycles. The van der Waals surface area contributed by atoms with E-state index in [9.17, 15) is 0 Å². The van der Waals surface area contributed by atoms with E-state index >= 15 is 0 Å². The normalized spacial score (nSPS) is 14.2. The number of thiocarbonyl (C=S) groups is 1. The zero-order valence-corrected chi connectivity index (χ0v) is 7.17. The van der Waals surface area contributed by atoms with E-state index in [1.54, 1.807) is 5.37 Å². The second-order valence-electron chi connectivity index (χ2n) is 2.58. The summed E-state index contributed by atoms with van der Waals surface area (Å²) in [6.45, 7) is 0. The number of para-hydroxylation sites is 1. The Hall–Kier alpha value is -1.22. The molecule has 0 saturated carbocycles. The lowest BCUT2D eigenvalue weighted by Gasteiger charge is -2.11. The van der Waals surface area contributed by atoms with Gasteiger partial charge in [-0.05, 0) is 6.07 Å². The van der Waals surface area contributed by atoms with Gasteiger partial charge in [-0.3, -0.25) is 0 Å². The Kier molecular flexibility index (Phi) is 1.87. The first-order valence-electron chi connectivity index (χ1n) is 3.67. The van der Waals surface area contributed by atoms with Gasteiger partial charge < -0.3 is 4.84 Å². The zero-order chi connectivity index (χ0) is 8.39. The van der Waals surface area contributed by atoms with E-state index in [2.05, 4.69) is 5.16 Å². The summed E-state index contributed by atoms with van der Waals surface area (Å²) in [6.07, 6.45) is 0.777. The van der Waals surface area contributed by atoms with Crippen LogP contribution in [0.3, 0.4) is 0 Å². The molecule has 1 aromatic carbocycles. The highest BCUT2D eigenvalue weighted by molar-refractivity contribution is 7.80. The summed E-state index contributed by atoms with van der Waals surface area (Å²) in [5.74, 6) is 0.832. The van der Waals surface area contributed by atoms with Crippen LogP contribution in [0.25, 0.3) is 0 Å². The number of oxime groups is 1. The van der Waals surface area contributed by atoms with E-state index in [4.69, 9.17) is 17.1 Å². The quantitative estimate of drug-likeness (QED) is 0.612. The van der Waals surface area contributed by atoms with Crippen LogP contribution >= 0.6 is 12.2 Å². The molecule has 0 bridgehead atoms. The third-order valence-corrected chi connectivity index (χ3v) is 2.01. The Labute approximate surface area is 75.8 Å². The van der Waals surface area contributed by atoms with Gasteiger partial charge >= 0.3 is 0 Å². The number of nitrogens with zero attached hydrogens (tertiary/aromatic N) is 1. The molecular weight excluding hydrogens is 170 g/mol. The minimum absolute atomic E-state index is 0.777. The predicted molar refractivity (Wildman–Crippen MR) is 51.9 cm³/mol. The van der Waals surface area contributed by atoms with Crippen LogP contribution < -0.4 is 4.84 Å². The van der Waals surface area contributed by atoms with Gasteiger partial charge in [-0.25, -0.2) is 0 Å². The summed E-state index contributed by atoms with van der Waals surface area (Å²) in [4.78, 5) is 5.12. The lowest BCUT2D eigenvalue weighted by atomic mass is 10.1. The van der Waals surface area contributed by atoms with Crippen molar-refractivity contribution < 1.29 is 4.84 Å². The van der Waals surface area contributed by atoms with Crippen molar-refractivity contribution in [2.24, 2.45) is 5.16 Å². The van der Waals surface area contributed by atoms with Gasteiger partial charge in [-0.15, -0.1) is 0 Å². The van der Waals surface area contributed by atoms with Crippen molar-refractivity contribution in [2.45, 2.75) is 6.42 Å². The Morgan fingerprint density at radius 1 is 1.42 bits per heavy atom. The number of hydrogen-bond donors (Lipinski definition) is 0. The maximum absolute atomic E-state index is 5.12. The molecule has 0 N–H and O–H groups in total. The molecule has 1 heterocycles. The van der Waals surface area contributed by atoms with Crippen LogP contribution in [0, 0.1) is 0 Å². The van der Waals surface area contributed by atoms with Crippen molar-refractivity contribution in [1.82, 2.24) is 0 Å². The minimum Gasteiger partial charge on any atom is -0.356 e. The van der Waals surface area contributed by atoms with Crippen molar-refractivity contribution in [1.29, 1.82) is 0 Å². The van der Waals surface area contributed by atoms with Gasteiger partial charge in [0.15, 0.2) is 5.75 Å². The molecule has 0 aromatic heterocycles. The first kappa shape index (κ1) is 7.43. The van der Waals surface area contributed by atoms with Gasteiger partial charge in [0, 0.05) is 17.4 Å². The molecule has 0 aliphatic carbocycles. The van der Waals surface area contributed by atoms with Crippen LogP contribution in [0.5, 0.6) is 5.75 Å². The lowest BCUT2D eigenvalue weighted by Crippen LogP contribution is -2.11. The summed E-state index contributed by atoms with van der Waals surface area (Å²) >= 11 is 4.77. The molecule has 60 valence electrons. The summed E-state index contributed by atoms with van der Waals surface area (Å²) in [5.41, 5.74) is 1.95. The Morgan fingerprint density at radius 2 is 2.25 bits per heavy atom. The van der Waals surface area contributed by atoms with Crippen LogP contribution in [-0.2, 0) is 6.42 Å². The summed E-state index contributed by atoms with van der Waals surface area (Å²) in [7, 11) is 0. The molecule has 0 radical (unpaired) electrons. The fourth-order valence-corrected chi connectivity index (χ4v) is 1.26. The molecule has 0 atom stereocenters. The van der Waals surface area contributed by atoms with Crippen molar-refractivity contribution in [2.75, 3.05) is 0 Å². The highest BCUT2D eigenvalue weighted by atomic mass is 32.1. The Balaban J connectivity index is 2.36. The standard InChI is InChI=1S/C9H7NOS/c12-6-8-5-7-3-1-2-4-9(7)11-10-8/h1-4,6H,5H2. The molecule has 0 fully saturated rings. The molecule has 12 heavy (non-hydrogen) atoms. The number of fused-ring (bicyclic) bond motifs is 1. The minimum atomic E-state index is 0.777. The Morgan fingerprint density at radius 3 is 3.08 bits per heavy atom. The molecule has 1 aliphatic heterocycles. The molecule has 2 rings (SSSR count). The van der Waals surface area contributed by atoms with Crippen LogP contribution in [0.1, 0.15) is 5.56 Å². The van der Waals surface area contributed by atoms with Gasteiger partial charge in [-0.1, -0.05) is 35.6 Å². The lowest BCUT2D eigenvalue weighted by molar-refractivity contribution is 0.332. The van der Waals surface area contributed by atoms with Crippen molar-refractivity contribution in [3.8, 4) is 5.75 Å². The largest absolute Gasteiger partial charge is 0.356 e. The number of rotatable bonds is 1. The van der Waals surface area contributed by atoms with Crippen LogP contribution in [-0.4, -0.2) is 11.1 Å². The maximum atomic E-state index is 5.12. The molecule has 0 spiro atoms. The highest BCUT2D eigenvalue weighted by Gasteiger charge is 2.10. The van der Waals surface area contributed by atoms with E-state index in [1.165, 1.54) is 0 Å². The summed E-state index contributed by atoms with van der Waals surface area (Å²) in [6, 6.07) is 7.83. The predicted octanol–water partition coefficient (Wildman–Crippen LogP) is 1.98. The molecule has 3 heteroatoms. The van der Waals surface area contributed by atoms with E-state index < -0.39 is 0 Å². The van der Waals surface area contributed by atoms with E-state index in [0.29, 0.717) is 0 Å². The smallest absolute Gasteiger partial charge is 0.161 e. The summed E-state index contributed by atoms with van der Waals surface area (Å²) < 4.78 is 0. The Bertz CT molecular complexity index is 346. The average Bonchev–Trinajstić information content (AvgIpc) is 2.17. The second kappa shape index (κ2) is 3.03. The van der Waals surface area contributed by atoms with Gasteiger partial charge in [0.25, 0.3) is 0 Å². The van der Waals surface area contributed by atoms with Crippen molar-refractivity contribution in [3.63, 3.8) is 0 Å².